The molecule has 0 bridgehead atoms. The van der Waals surface area contributed by atoms with E-state index in [0.29, 0.717) is 6.20 Å². The third-order valence-corrected chi connectivity index (χ3v) is 2.39. The van der Waals surface area contributed by atoms with Crippen LogP contribution in [0.4, 0.5) is 4.39 Å². The van der Waals surface area contributed by atoms with E-state index in [1.165, 1.54) is 7.11 Å². The van der Waals surface area contributed by atoms with Gasteiger partial charge in [0.2, 0.25) is 5.88 Å². The van der Waals surface area contributed by atoms with Gasteiger partial charge >= 0.3 is 0 Å². The quantitative estimate of drug-likeness (QED) is 0.564. The first-order valence-electron chi connectivity index (χ1n) is 4.47. The summed E-state index contributed by atoms with van der Waals surface area (Å²) in [7, 11) is 1.22. The Morgan fingerprint density at radius 3 is 2.35 bits per heavy atom. The van der Waals surface area contributed by atoms with E-state index in [1.54, 1.807) is 0 Å². The molecule has 0 aliphatic rings. The first-order chi connectivity index (χ1) is 7.83. The highest BCUT2D eigenvalue weighted by Crippen LogP contribution is 2.27. The van der Waals surface area contributed by atoms with E-state index in [1.807, 2.05) is 0 Å². The zero-order valence-corrected chi connectivity index (χ0v) is 9.02. The molecule has 7 heteroatoms. The number of aromatic nitrogens is 1. The fraction of sp³-hybridized carbons (Fsp3) is 0.300. The zero-order chi connectivity index (χ0) is 13.2. The number of carbonyl (C=O) groups is 2. The van der Waals surface area contributed by atoms with Crippen LogP contribution in [0.1, 0.15) is 12.5 Å². The third kappa shape index (κ3) is 2.03. The molecule has 6 nitrogen and oxygen atoms in total. The molecule has 1 heterocycles. The highest BCUT2D eigenvalue weighted by atomic mass is 19.1. The zero-order valence-electron chi connectivity index (χ0n) is 9.02. The van der Waals surface area contributed by atoms with Gasteiger partial charge in [0.1, 0.15) is 5.82 Å². The summed E-state index contributed by atoms with van der Waals surface area (Å²) in [4.78, 5) is 25.2. The van der Waals surface area contributed by atoms with E-state index in [-0.39, 0.29) is 5.88 Å². The summed E-state index contributed by atoms with van der Waals surface area (Å²) in [6, 6.07) is 0.876. The van der Waals surface area contributed by atoms with Crippen LogP contribution in [0.2, 0.25) is 0 Å². The predicted octanol–water partition coefficient (Wildman–Crippen LogP) is -2.01. The summed E-state index contributed by atoms with van der Waals surface area (Å²) < 4.78 is 18.1. The van der Waals surface area contributed by atoms with Gasteiger partial charge in [0.05, 0.1) is 30.7 Å². The number of ether oxygens (including phenoxy) is 1. The molecular formula is C10H8FNO5-2. The molecule has 17 heavy (non-hydrogen) atoms. The van der Waals surface area contributed by atoms with Crippen molar-refractivity contribution < 1.29 is 28.9 Å². The average molecular weight is 241 g/mol. The topological polar surface area (TPSA) is 102 Å². The monoisotopic (exact) mass is 241 g/mol. The Bertz CT molecular complexity index is 460. The predicted molar refractivity (Wildman–Crippen MR) is 48.1 cm³/mol. The van der Waals surface area contributed by atoms with E-state index in [0.717, 1.165) is 13.0 Å². The number of hydrogen-bond donors (Lipinski definition) is 0. The smallest absolute Gasteiger partial charge is 0.213 e. The summed E-state index contributed by atoms with van der Waals surface area (Å²) in [5.74, 6) is -5.17. The van der Waals surface area contributed by atoms with Crippen molar-refractivity contribution in [2.75, 3.05) is 7.11 Å². The lowest BCUT2D eigenvalue weighted by molar-refractivity contribution is -0.334. The lowest BCUT2D eigenvalue weighted by Gasteiger charge is -2.32. The van der Waals surface area contributed by atoms with Gasteiger partial charge in [-0.2, -0.15) is 0 Å². The maximum atomic E-state index is 13.4. The van der Waals surface area contributed by atoms with E-state index in [2.05, 4.69) is 9.72 Å². The molecule has 0 aliphatic carbocycles. The van der Waals surface area contributed by atoms with Gasteiger partial charge in [-0.1, -0.05) is 0 Å². The van der Waals surface area contributed by atoms with Gasteiger partial charge < -0.3 is 24.5 Å². The highest BCUT2D eigenvalue weighted by Gasteiger charge is 2.33. The molecule has 0 unspecified atom stereocenters. The molecule has 0 atom stereocenters. The van der Waals surface area contributed by atoms with Gasteiger partial charge in [-0.05, 0) is 6.92 Å². The molecule has 0 N–H and O–H groups in total. The van der Waals surface area contributed by atoms with E-state index in [4.69, 9.17) is 0 Å². The van der Waals surface area contributed by atoms with Crippen LogP contribution in [0.5, 0.6) is 5.88 Å². The maximum absolute atomic E-state index is 13.4. The molecule has 0 aromatic carbocycles. The van der Waals surface area contributed by atoms with Crippen molar-refractivity contribution in [2.45, 2.75) is 12.3 Å². The summed E-state index contributed by atoms with van der Waals surface area (Å²) in [5.41, 5.74) is -3.25. The van der Waals surface area contributed by atoms with Crippen LogP contribution in [0.3, 0.4) is 0 Å². The number of hydrogen-bond acceptors (Lipinski definition) is 6. The van der Waals surface area contributed by atoms with E-state index >= 15 is 0 Å². The van der Waals surface area contributed by atoms with E-state index < -0.39 is 28.7 Å². The van der Waals surface area contributed by atoms with Crippen molar-refractivity contribution in [3.63, 3.8) is 0 Å². The summed E-state index contributed by atoms with van der Waals surface area (Å²) in [6.45, 7) is 0.773. The Hall–Kier alpha value is -2.18. The minimum absolute atomic E-state index is 0.116. The van der Waals surface area contributed by atoms with Crippen LogP contribution in [-0.4, -0.2) is 24.0 Å². The minimum Gasteiger partial charge on any atom is -0.549 e. The highest BCUT2D eigenvalue weighted by molar-refractivity contribution is 6.02. The number of pyridine rings is 1. The second kappa shape index (κ2) is 4.36. The lowest BCUT2D eigenvalue weighted by Crippen LogP contribution is -2.55. The molecule has 0 aliphatic heterocycles. The van der Waals surface area contributed by atoms with Crippen LogP contribution in [-0.2, 0) is 15.0 Å². The molecule has 0 spiro atoms. The first-order valence-corrected chi connectivity index (χ1v) is 4.47. The number of methoxy groups -OCH3 is 1. The molecule has 0 saturated heterocycles. The molecule has 1 aromatic heterocycles. The minimum atomic E-state index is -2.61. The summed E-state index contributed by atoms with van der Waals surface area (Å²) in [6.07, 6.45) is 0.665. The number of nitrogens with zero attached hydrogens (tertiary/aromatic N) is 1. The Morgan fingerprint density at radius 2 is 1.94 bits per heavy atom. The summed E-state index contributed by atoms with van der Waals surface area (Å²) >= 11 is 0. The second-order valence-corrected chi connectivity index (χ2v) is 3.41. The molecule has 1 aromatic rings. The van der Waals surface area contributed by atoms with Crippen LogP contribution >= 0.6 is 0 Å². The Kier molecular flexibility index (Phi) is 3.31. The lowest BCUT2D eigenvalue weighted by atomic mass is 9.83. The van der Waals surface area contributed by atoms with Gasteiger partial charge in [-0.15, -0.1) is 0 Å². The Labute approximate surface area is 95.7 Å². The molecule has 0 radical (unpaired) electrons. The van der Waals surface area contributed by atoms with Crippen molar-refractivity contribution in [1.82, 2.24) is 4.98 Å². The number of aliphatic carboxylic acids is 2. The molecule has 0 saturated carbocycles. The van der Waals surface area contributed by atoms with Gasteiger partial charge in [0.25, 0.3) is 0 Å². The van der Waals surface area contributed by atoms with Crippen LogP contribution in [0.15, 0.2) is 12.3 Å². The SMILES string of the molecule is COc1cc(C(C)(C(=O)[O-])C(=O)[O-])c(F)cn1. The van der Waals surface area contributed by atoms with E-state index in [9.17, 15) is 24.2 Å². The van der Waals surface area contributed by atoms with Crippen molar-refractivity contribution >= 4 is 11.9 Å². The second-order valence-electron chi connectivity index (χ2n) is 3.41. The van der Waals surface area contributed by atoms with Gasteiger partial charge in [0.15, 0.2) is 0 Å². The number of carboxylic acid groups (broad SMARTS) is 2. The largest absolute Gasteiger partial charge is 0.549 e. The van der Waals surface area contributed by atoms with Crippen molar-refractivity contribution in [1.29, 1.82) is 0 Å². The van der Waals surface area contributed by atoms with Gasteiger partial charge in [0, 0.05) is 11.6 Å². The summed E-state index contributed by atoms with van der Waals surface area (Å²) in [5, 5.41) is 21.7. The number of halogens is 1. The van der Waals surface area contributed by atoms with Crippen LogP contribution in [0, 0.1) is 5.82 Å². The first kappa shape index (κ1) is 12.9. The molecule has 0 fully saturated rings. The normalized spacial score (nSPS) is 11.0. The van der Waals surface area contributed by atoms with Crippen molar-refractivity contribution in [3.05, 3.63) is 23.6 Å². The molecule has 1 rings (SSSR count). The Balaban J connectivity index is 3.48. The average Bonchev–Trinajstić information content (AvgIpc) is 2.28. The maximum Gasteiger partial charge on any atom is 0.213 e. The number of rotatable bonds is 4. The molecule has 0 amide bonds. The van der Waals surface area contributed by atoms with Gasteiger partial charge in [-0.3, -0.25) is 0 Å². The van der Waals surface area contributed by atoms with Crippen LogP contribution < -0.4 is 14.9 Å². The Morgan fingerprint density at radius 1 is 1.41 bits per heavy atom. The fourth-order valence-electron chi connectivity index (χ4n) is 1.22. The number of carbonyl (C=O) groups excluding carboxylic acids is 2. The third-order valence-electron chi connectivity index (χ3n) is 2.39. The fourth-order valence-corrected chi connectivity index (χ4v) is 1.22. The van der Waals surface area contributed by atoms with Crippen molar-refractivity contribution in [2.24, 2.45) is 0 Å². The standard InChI is InChI=1S/C10H10FNO5/c1-10(8(13)14,9(15)16)5-3-7(17-2)12-4-6(5)11/h3-4H,1-2H3,(H,13,14)(H,15,16)/p-2. The van der Waals surface area contributed by atoms with Crippen LogP contribution in [0.25, 0.3) is 0 Å². The van der Waals surface area contributed by atoms with Gasteiger partial charge in [-0.25, -0.2) is 9.37 Å². The number of carboxylic acids is 2. The van der Waals surface area contributed by atoms with Crippen molar-refractivity contribution in [3.8, 4) is 5.88 Å². The molecule has 92 valence electrons. The molecular weight excluding hydrogens is 233 g/mol.